The quantitative estimate of drug-likeness (QED) is 0.385. The summed E-state index contributed by atoms with van der Waals surface area (Å²) in [7, 11) is 0. The summed E-state index contributed by atoms with van der Waals surface area (Å²) >= 11 is 0. The van der Waals surface area contributed by atoms with E-state index in [1.165, 1.54) is 56.9 Å². The zero-order chi connectivity index (χ0) is 18.9. The minimum absolute atomic E-state index is 0.304. The zero-order valence-electron chi connectivity index (χ0n) is 16.5. The number of benzene rings is 2. The molecule has 0 fully saturated rings. The van der Waals surface area contributed by atoms with Gasteiger partial charge in [-0.3, -0.25) is 4.98 Å². The van der Waals surface area contributed by atoms with E-state index in [2.05, 4.69) is 36.2 Å². The second-order valence-corrected chi connectivity index (χ2v) is 7.52. The van der Waals surface area contributed by atoms with Crippen LogP contribution in [-0.4, -0.2) is 10.1 Å². The smallest absolute Gasteiger partial charge is 0.116 e. The maximum atomic E-state index is 9.59. The maximum Gasteiger partial charge on any atom is 0.116 e. The maximum absolute atomic E-state index is 9.59. The van der Waals surface area contributed by atoms with Crippen molar-refractivity contribution in [2.24, 2.45) is 0 Å². The van der Waals surface area contributed by atoms with E-state index in [0.717, 1.165) is 28.5 Å². The molecule has 0 atom stereocenters. The van der Waals surface area contributed by atoms with Crippen molar-refractivity contribution >= 4 is 10.8 Å². The Bertz CT molecular complexity index is 839. The number of phenolic OH excluding ortho intramolecular Hbond substituents is 1. The largest absolute Gasteiger partial charge is 0.508 e. The molecule has 3 aromatic rings. The van der Waals surface area contributed by atoms with Crippen LogP contribution in [0.5, 0.6) is 5.75 Å². The van der Waals surface area contributed by atoms with Crippen LogP contribution in [0.15, 0.2) is 54.7 Å². The van der Waals surface area contributed by atoms with E-state index in [1.54, 1.807) is 12.1 Å². The first-order valence-electron chi connectivity index (χ1n) is 10.4. The monoisotopic (exact) mass is 361 g/mol. The summed E-state index contributed by atoms with van der Waals surface area (Å²) in [5.41, 5.74) is 3.45. The van der Waals surface area contributed by atoms with Gasteiger partial charge in [0.15, 0.2) is 0 Å². The molecule has 0 radical (unpaired) electrons. The third-order valence-electron chi connectivity index (χ3n) is 5.26. The highest BCUT2D eigenvalue weighted by Gasteiger charge is 2.03. The standard InChI is InChI=1S/C25H31NO/c1-2-3-4-5-6-7-8-9-10-20-11-16-25(26-19-20)23-13-12-22-18-24(27)15-14-21(22)17-23/h11-19,27H,2-10H2,1H3. The molecule has 0 spiro atoms. The molecule has 142 valence electrons. The second-order valence-electron chi connectivity index (χ2n) is 7.52. The van der Waals surface area contributed by atoms with Crippen LogP contribution in [-0.2, 0) is 6.42 Å². The molecule has 2 aromatic carbocycles. The van der Waals surface area contributed by atoms with Gasteiger partial charge in [0.25, 0.3) is 0 Å². The molecule has 3 rings (SSSR count). The molecule has 0 bridgehead atoms. The van der Waals surface area contributed by atoms with Gasteiger partial charge in [-0.25, -0.2) is 0 Å². The van der Waals surface area contributed by atoms with Crippen molar-refractivity contribution in [1.29, 1.82) is 0 Å². The Labute approximate surface area is 163 Å². The number of rotatable bonds is 10. The predicted octanol–water partition coefficient (Wildman–Crippen LogP) is 7.29. The lowest BCUT2D eigenvalue weighted by Crippen LogP contribution is -1.90. The van der Waals surface area contributed by atoms with Gasteiger partial charge in [0.2, 0.25) is 0 Å². The lowest BCUT2D eigenvalue weighted by Gasteiger charge is -2.06. The Morgan fingerprint density at radius 2 is 1.44 bits per heavy atom. The van der Waals surface area contributed by atoms with E-state index in [-0.39, 0.29) is 0 Å². The molecule has 0 unspecified atom stereocenters. The fourth-order valence-corrected chi connectivity index (χ4v) is 3.60. The predicted molar refractivity (Wildman–Crippen MR) is 115 cm³/mol. The molecule has 27 heavy (non-hydrogen) atoms. The molecule has 1 heterocycles. The second kappa shape index (κ2) is 10.1. The van der Waals surface area contributed by atoms with Gasteiger partial charge in [-0.2, -0.15) is 0 Å². The first-order chi connectivity index (χ1) is 13.3. The van der Waals surface area contributed by atoms with Gasteiger partial charge in [-0.15, -0.1) is 0 Å². The normalized spacial score (nSPS) is 11.1. The number of pyridine rings is 1. The van der Waals surface area contributed by atoms with Crippen molar-refractivity contribution in [1.82, 2.24) is 4.98 Å². The van der Waals surface area contributed by atoms with Crippen LogP contribution >= 0.6 is 0 Å². The topological polar surface area (TPSA) is 33.1 Å². The number of fused-ring (bicyclic) bond motifs is 1. The van der Waals surface area contributed by atoms with Crippen LogP contribution in [0.2, 0.25) is 0 Å². The van der Waals surface area contributed by atoms with Crippen molar-refractivity contribution < 1.29 is 5.11 Å². The van der Waals surface area contributed by atoms with Gasteiger partial charge in [0, 0.05) is 11.8 Å². The first-order valence-corrected chi connectivity index (χ1v) is 10.4. The number of nitrogens with zero attached hydrogens (tertiary/aromatic N) is 1. The van der Waals surface area contributed by atoms with E-state index in [0.29, 0.717) is 5.75 Å². The van der Waals surface area contributed by atoms with Crippen LogP contribution in [0.3, 0.4) is 0 Å². The number of phenols is 1. The van der Waals surface area contributed by atoms with E-state index >= 15 is 0 Å². The fraction of sp³-hybridized carbons (Fsp3) is 0.400. The molecule has 2 nitrogen and oxygen atoms in total. The Morgan fingerprint density at radius 3 is 2.19 bits per heavy atom. The highest BCUT2D eigenvalue weighted by Crippen LogP contribution is 2.26. The van der Waals surface area contributed by atoms with Crippen molar-refractivity contribution in [3.63, 3.8) is 0 Å². The van der Waals surface area contributed by atoms with Crippen LogP contribution in [0, 0.1) is 0 Å². The van der Waals surface area contributed by atoms with Gasteiger partial charge in [-0.05, 0) is 53.4 Å². The van der Waals surface area contributed by atoms with Crippen molar-refractivity contribution in [2.75, 3.05) is 0 Å². The number of aryl methyl sites for hydroxylation is 1. The summed E-state index contributed by atoms with van der Waals surface area (Å²) in [6, 6.07) is 16.1. The lowest BCUT2D eigenvalue weighted by molar-refractivity contribution is 0.476. The van der Waals surface area contributed by atoms with Gasteiger partial charge in [-0.1, -0.05) is 76.1 Å². The van der Waals surface area contributed by atoms with Crippen LogP contribution in [0.1, 0.15) is 63.9 Å². The molecule has 1 N–H and O–H groups in total. The summed E-state index contributed by atoms with van der Waals surface area (Å²) in [5, 5.41) is 11.8. The summed E-state index contributed by atoms with van der Waals surface area (Å²) < 4.78 is 0. The molecule has 1 aromatic heterocycles. The SMILES string of the molecule is CCCCCCCCCCc1ccc(-c2ccc3cc(O)ccc3c2)nc1. The molecule has 0 saturated heterocycles. The Hall–Kier alpha value is -2.35. The Morgan fingerprint density at radius 1 is 0.741 bits per heavy atom. The van der Waals surface area contributed by atoms with Gasteiger partial charge >= 0.3 is 0 Å². The highest BCUT2D eigenvalue weighted by atomic mass is 16.3. The van der Waals surface area contributed by atoms with Crippen molar-refractivity contribution in [3.8, 4) is 17.0 Å². The number of hydrogen-bond acceptors (Lipinski definition) is 2. The molecular formula is C25H31NO. The third kappa shape index (κ3) is 5.82. The average Bonchev–Trinajstić information content (AvgIpc) is 2.70. The summed E-state index contributed by atoms with van der Waals surface area (Å²) in [6.45, 7) is 2.27. The molecular weight excluding hydrogens is 330 g/mol. The molecule has 0 aliphatic carbocycles. The van der Waals surface area contributed by atoms with Crippen LogP contribution in [0.4, 0.5) is 0 Å². The van der Waals surface area contributed by atoms with Gasteiger partial charge in [0.1, 0.15) is 5.75 Å². The molecule has 0 aliphatic heterocycles. The van der Waals surface area contributed by atoms with E-state index in [1.807, 2.05) is 18.3 Å². The molecule has 2 heteroatoms. The molecule has 0 aliphatic rings. The van der Waals surface area contributed by atoms with E-state index in [9.17, 15) is 5.11 Å². The molecule has 0 saturated carbocycles. The minimum Gasteiger partial charge on any atom is -0.508 e. The average molecular weight is 362 g/mol. The van der Waals surface area contributed by atoms with Crippen LogP contribution in [0.25, 0.3) is 22.0 Å². The first kappa shape index (κ1) is 19.4. The molecule has 0 amide bonds. The van der Waals surface area contributed by atoms with Crippen LogP contribution < -0.4 is 0 Å². The minimum atomic E-state index is 0.304. The summed E-state index contributed by atoms with van der Waals surface area (Å²) in [5.74, 6) is 0.304. The lowest BCUT2D eigenvalue weighted by atomic mass is 10.0. The van der Waals surface area contributed by atoms with E-state index in [4.69, 9.17) is 0 Å². The Kier molecular flexibility index (Phi) is 7.27. The van der Waals surface area contributed by atoms with E-state index < -0.39 is 0 Å². The van der Waals surface area contributed by atoms with Crippen molar-refractivity contribution in [3.05, 3.63) is 60.3 Å². The summed E-state index contributed by atoms with van der Waals surface area (Å²) in [4.78, 5) is 4.67. The van der Waals surface area contributed by atoms with Gasteiger partial charge in [0.05, 0.1) is 5.69 Å². The van der Waals surface area contributed by atoms with Gasteiger partial charge < -0.3 is 5.11 Å². The Balaban J connectivity index is 1.49. The fourth-order valence-electron chi connectivity index (χ4n) is 3.60. The number of aromatic hydroxyl groups is 1. The summed E-state index contributed by atoms with van der Waals surface area (Å²) in [6.07, 6.45) is 14.0. The van der Waals surface area contributed by atoms with Crippen molar-refractivity contribution in [2.45, 2.75) is 64.7 Å². The number of hydrogen-bond donors (Lipinski definition) is 1. The highest BCUT2D eigenvalue weighted by molar-refractivity contribution is 5.87. The zero-order valence-corrected chi connectivity index (χ0v) is 16.5. The number of unbranched alkanes of at least 4 members (excludes halogenated alkanes) is 7. The third-order valence-corrected chi connectivity index (χ3v) is 5.26. The number of aromatic nitrogens is 1.